The van der Waals surface area contributed by atoms with Crippen molar-refractivity contribution in [2.45, 2.75) is 5.92 Å². The summed E-state index contributed by atoms with van der Waals surface area (Å²) in [5.41, 5.74) is 1.13. The maximum atomic E-state index is 13.2. The van der Waals surface area contributed by atoms with E-state index in [1.807, 2.05) is 24.3 Å². The molecule has 0 saturated carbocycles. The van der Waals surface area contributed by atoms with E-state index in [4.69, 9.17) is 4.74 Å². The molecular formula is C18H14FNO2S. The van der Waals surface area contributed by atoms with Crippen molar-refractivity contribution in [2.75, 3.05) is 13.2 Å². The number of para-hydroxylation sites is 1. The van der Waals surface area contributed by atoms with Crippen molar-refractivity contribution in [3.05, 3.63) is 64.8 Å². The second-order valence-corrected chi connectivity index (χ2v) is 6.63. The summed E-state index contributed by atoms with van der Waals surface area (Å²) in [7, 11) is 0. The molecule has 116 valence electrons. The van der Waals surface area contributed by atoms with Crippen LogP contribution in [0.1, 0.15) is 21.2 Å². The van der Waals surface area contributed by atoms with E-state index < -0.39 is 0 Å². The highest BCUT2D eigenvalue weighted by Crippen LogP contribution is 2.33. The lowest BCUT2D eigenvalue weighted by Gasteiger charge is -2.09. The van der Waals surface area contributed by atoms with Crippen molar-refractivity contribution in [3.8, 4) is 5.75 Å². The summed E-state index contributed by atoms with van der Waals surface area (Å²) < 4.78 is 19.8. The number of hydrogen-bond acceptors (Lipinski definition) is 3. The van der Waals surface area contributed by atoms with Gasteiger partial charge in [-0.25, -0.2) is 4.39 Å². The first kappa shape index (κ1) is 14.2. The van der Waals surface area contributed by atoms with Crippen LogP contribution in [0.15, 0.2) is 48.5 Å². The number of amides is 1. The third-order valence-electron chi connectivity index (χ3n) is 4.01. The van der Waals surface area contributed by atoms with E-state index >= 15 is 0 Å². The quantitative estimate of drug-likeness (QED) is 0.791. The number of carbonyl (C=O) groups is 1. The molecule has 0 saturated heterocycles. The van der Waals surface area contributed by atoms with Gasteiger partial charge in [0, 0.05) is 22.7 Å². The van der Waals surface area contributed by atoms with Gasteiger partial charge in [0.2, 0.25) is 0 Å². The van der Waals surface area contributed by atoms with Gasteiger partial charge in [-0.3, -0.25) is 4.79 Å². The molecule has 3 nitrogen and oxygen atoms in total. The Morgan fingerprint density at radius 3 is 3.04 bits per heavy atom. The molecule has 0 aliphatic carbocycles. The fraction of sp³-hybridized carbons (Fsp3) is 0.167. The summed E-state index contributed by atoms with van der Waals surface area (Å²) in [5, 5.41) is 3.71. The van der Waals surface area contributed by atoms with E-state index in [-0.39, 0.29) is 17.6 Å². The zero-order valence-corrected chi connectivity index (χ0v) is 13.0. The van der Waals surface area contributed by atoms with Crippen molar-refractivity contribution in [2.24, 2.45) is 0 Å². The molecule has 0 radical (unpaired) electrons. The zero-order valence-electron chi connectivity index (χ0n) is 12.2. The molecule has 5 heteroatoms. The smallest absolute Gasteiger partial charge is 0.261 e. The Bertz CT molecular complexity index is 890. The van der Waals surface area contributed by atoms with Crippen molar-refractivity contribution in [3.63, 3.8) is 0 Å². The van der Waals surface area contributed by atoms with Gasteiger partial charge < -0.3 is 10.1 Å². The average Bonchev–Trinajstić information content (AvgIpc) is 3.16. The van der Waals surface area contributed by atoms with Gasteiger partial charge in [-0.05, 0) is 35.7 Å². The van der Waals surface area contributed by atoms with Crippen LogP contribution in [0.2, 0.25) is 0 Å². The van der Waals surface area contributed by atoms with Crippen LogP contribution in [0.4, 0.5) is 4.39 Å². The van der Waals surface area contributed by atoms with Crippen LogP contribution in [0.5, 0.6) is 5.75 Å². The Hall–Kier alpha value is -2.40. The molecule has 1 aliphatic heterocycles. The number of nitrogens with one attached hydrogen (secondary N) is 1. The summed E-state index contributed by atoms with van der Waals surface area (Å²) in [6, 6.07) is 14.2. The van der Waals surface area contributed by atoms with Crippen LogP contribution in [-0.2, 0) is 0 Å². The van der Waals surface area contributed by atoms with Crippen LogP contribution < -0.4 is 10.1 Å². The molecule has 0 spiro atoms. The molecule has 1 aromatic heterocycles. The molecule has 0 fully saturated rings. The minimum atomic E-state index is -0.290. The first-order valence-corrected chi connectivity index (χ1v) is 8.21. The van der Waals surface area contributed by atoms with Gasteiger partial charge in [0.1, 0.15) is 11.6 Å². The lowest BCUT2D eigenvalue weighted by Crippen LogP contribution is -2.28. The molecule has 2 heterocycles. The maximum Gasteiger partial charge on any atom is 0.261 e. The molecule has 0 bridgehead atoms. The Balaban J connectivity index is 1.47. The average molecular weight is 327 g/mol. The number of benzene rings is 2. The highest BCUT2D eigenvalue weighted by atomic mass is 32.1. The summed E-state index contributed by atoms with van der Waals surface area (Å²) in [6.45, 7) is 1.11. The minimum absolute atomic E-state index is 0.129. The number of hydrogen-bond donors (Lipinski definition) is 1. The van der Waals surface area contributed by atoms with Crippen LogP contribution in [-0.4, -0.2) is 19.1 Å². The van der Waals surface area contributed by atoms with E-state index in [2.05, 4.69) is 5.32 Å². The maximum absolute atomic E-state index is 13.2. The SMILES string of the molecule is O=C(NC[C@@H]1COc2ccccc21)c1cc2cc(F)ccc2s1. The molecule has 2 aromatic carbocycles. The van der Waals surface area contributed by atoms with E-state index in [0.29, 0.717) is 18.0 Å². The zero-order chi connectivity index (χ0) is 15.8. The summed E-state index contributed by atoms with van der Waals surface area (Å²) in [5.74, 6) is 0.643. The Morgan fingerprint density at radius 2 is 2.13 bits per heavy atom. The standard InChI is InChI=1S/C18H14FNO2S/c19-13-5-6-16-11(7-13)8-17(23-16)18(21)20-9-12-10-22-15-4-2-1-3-14(12)15/h1-8,12H,9-10H2,(H,20,21)/t12-/m1/s1. The summed E-state index contributed by atoms with van der Waals surface area (Å²) in [4.78, 5) is 12.9. The molecule has 4 rings (SSSR count). The Labute approximate surface area is 136 Å². The van der Waals surface area contributed by atoms with Crippen LogP contribution in [0, 0.1) is 5.82 Å². The first-order valence-electron chi connectivity index (χ1n) is 7.40. The molecule has 23 heavy (non-hydrogen) atoms. The van der Waals surface area contributed by atoms with E-state index in [1.165, 1.54) is 23.5 Å². The van der Waals surface area contributed by atoms with E-state index in [9.17, 15) is 9.18 Å². The molecule has 1 atom stereocenters. The minimum Gasteiger partial charge on any atom is -0.493 e. The topological polar surface area (TPSA) is 38.3 Å². The highest BCUT2D eigenvalue weighted by Gasteiger charge is 2.24. The highest BCUT2D eigenvalue weighted by molar-refractivity contribution is 7.20. The number of ether oxygens (including phenoxy) is 1. The van der Waals surface area contributed by atoms with Crippen LogP contribution in [0.3, 0.4) is 0 Å². The molecule has 0 unspecified atom stereocenters. The van der Waals surface area contributed by atoms with E-state index in [0.717, 1.165) is 21.4 Å². The van der Waals surface area contributed by atoms with Crippen molar-refractivity contribution in [1.82, 2.24) is 5.32 Å². The predicted molar refractivity (Wildman–Crippen MR) is 88.8 cm³/mol. The van der Waals surface area contributed by atoms with Gasteiger partial charge in [-0.1, -0.05) is 18.2 Å². The number of fused-ring (bicyclic) bond motifs is 2. The van der Waals surface area contributed by atoms with Crippen molar-refractivity contribution < 1.29 is 13.9 Å². The Kier molecular flexibility index (Phi) is 3.50. The molecule has 1 N–H and O–H groups in total. The molecular weight excluding hydrogens is 313 g/mol. The third kappa shape index (κ3) is 2.68. The molecule has 1 amide bonds. The molecule has 1 aliphatic rings. The van der Waals surface area contributed by atoms with Crippen molar-refractivity contribution >= 4 is 27.3 Å². The number of halogens is 1. The van der Waals surface area contributed by atoms with Gasteiger partial charge in [-0.2, -0.15) is 0 Å². The first-order chi connectivity index (χ1) is 11.2. The van der Waals surface area contributed by atoms with Gasteiger partial charge >= 0.3 is 0 Å². The van der Waals surface area contributed by atoms with Gasteiger partial charge in [0.25, 0.3) is 5.91 Å². The second-order valence-electron chi connectivity index (χ2n) is 5.55. The normalized spacial score (nSPS) is 16.1. The third-order valence-corrected chi connectivity index (χ3v) is 5.12. The van der Waals surface area contributed by atoms with Gasteiger partial charge in [0.15, 0.2) is 0 Å². The predicted octanol–water partition coefficient (Wildman–Crippen LogP) is 3.95. The van der Waals surface area contributed by atoms with Gasteiger partial charge in [-0.15, -0.1) is 11.3 Å². The largest absolute Gasteiger partial charge is 0.493 e. The Morgan fingerprint density at radius 1 is 1.26 bits per heavy atom. The fourth-order valence-electron chi connectivity index (χ4n) is 2.83. The summed E-state index contributed by atoms with van der Waals surface area (Å²) in [6.07, 6.45) is 0. The second kappa shape index (κ2) is 5.66. The van der Waals surface area contributed by atoms with Gasteiger partial charge in [0.05, 0.1) is 11.5 Å². The van der Waals surface area contributed by atoms with Crippen LogP contribution in [0.25, 0.3) is 10.1 Å². The summed E-state index contributed by atoms with van der Waals surface area (Å²) >= 11 is 1.37. The van der Waals surface area contributed by atoms with E-state index in [1.54, 1.807) is 12.1 Å². The lowest BCUT2D eigenvalue weighted by molar-refractivity contribution is 0.0954. The van der Waals surface area contributed by atoms with Crippen molar-refractivity contribution in [1.29, 1.82) is 0 Å². The lowest BCUT2D eigenvalue weighted by atomic mass is 10.0. The molecule has 3 aromatic rings. The number of thiophene rings is 1. The van der Waals surface area contributed by atoms with Crippen LogP contribution >= 0.6 is 11.3 Å². The number of rotatable bonds is 3. The fourth-order valence-corrected chi connectivity index (χ4v) is 3.79. The number of carbonyl (C=O) groups excluding carboxylic acids is 1. The monoisotopic (exact) mass is 327 g/mol.